The fourth-order valence-corrected chi connectivity index (χ4v) is 1.54. The Kier molecular flexibility index (Phi) is 4.53. The molecule has 0 aliphatic heterocycles. The fourth-order valence-electron chi connectivity index (χ4n) is 1.21. The number of aliphatic hydroxyl groups is 1. The molecule has 0 aliphatic rings. The Balaban J connectivity index is 2.87. The number of hydrogen-bond acceptors (Lipinski definition) is 2. The number of carbonyl (C=O) groups is 1. The Morgan fingerprint density at radius 3 is 2.80 bits per heavy atom. The van der Waals surface area contributed by atoms with Crippen LogP contribution in [-0.4, -0.2) is 17.5 Å². The molecule has 1 aromatic rings. The number of aliphatic hydroxyl groups excluding tert-OH is 1. The average molecular weight is 225 g/mol. The van der Waals surface area contributed by atoms with Gasteiger partial charge in [0.1, 0.15) is 0 Å². The van der Waals surface area contributed by atoms with Gasteiger partial charge in [-0.25, -0.2) is 0 Å². The van der Waals surface area contributed by atoms with E-state index in [1.165, 1.54) is 6.92 Å². The molecule has 0 saturated carbocycles. The van der Waals surface area contributed by atoms with E-state index in [1.54, 1.807) is 12.1 Å². The molecule has 0 aromatic heterocycles. The predicted octanol–water partition coefficient (Wildman–Crippen LogP) is 2.94. The third kappa shape index (κ3) is 3.50. The second-order valence-corrected chi connectivity index (χ2v) is 3.62. The lowest BCUT2D eigenvalue weighted by atomic mass is 10.1. The summed E-state index contributed by atoms with van der Waals surface area (Å²) < 4.78 is 0. The molecule has 0 bridgehead atoms. The van der Waals surface area contributed by atoms with Gasteiger partial charge < -0.3 is 5.11 Å². The molecule has 0 aliphatic carbocycles. The Bertz CT molecular complexity index is 383. The number of ketones is 1. The van der Waals surface area contributed by atoms with Gasteiger partial charge in [-0.15, -0.1) is 0 Å². The van der Waals surface area contributed by atoms with Crippen LogP contribution in [0.5, 0.6) is 0 Å². The van der Waals surface area contributed by atoms with Crippen molar-refractivity contribution in [3.05, 3.63) is 40.4 Å². The smallest absolute Gasteiger partial charge is 0.161 e. The molecule has 80 valence electrons. The summed E-state index contributed by atoms with van der Waals surface area (Å²) in [4.78, 5) is 11.1. The van der Waals surface area contributed by atoms with Gasteiger partial charge in [0.25, 0.3) is 0 Å². The molecular formula is C12H13ClO2. The van der Waals surface area contributed by atoms with Crippen LogP contribution in [0.4, 0.5) is 0 Å². The number of carbonyl (C=O) groups excluding carboxylic acids is 1. The van der Waals surface area contributed by atoms with E-state index in [-0.39, 0.29) is 12.4 Å². The minimum atomic E-state index is -0.0362. The summed E-state index contributed by atoms with van der Waals surface area (Å²) in [5.41, 5.74) is 1.47. The zero-order chi connectivity index (χ0) is 11.3. The largest absolute Gasteiger partial charge is 0.396 e. The molecule has 0 unspecified atom stereocenters. The summed E-state index contributed by atoms with van der Waals surface area (Å²) in [5, 5.41) is 9.06. The number of hydrogen-bond donors (Lipinski definition) is 1. The minimum absolute atomic E-state index is 0.0362. The van der Waals surface area contributed by atoms with Crippen LogP contribution in [0, 0.1) is 0 Å². The van der Waals surface area contributed by atoms with Crippen LogP contribution < -0.4 is 0 Å². The Labute approximate surface area is 94.2 Å². The van der Waals surface area contributed by atoms with E-state index in [1.807, 2.05) is 18.2 Å². The predicted molar refractivity (Wildman–Crippen MR) is 62.2 cm³/mol. The first-order valence-corrected chi connectivity index (χ1v) is 5.11. The lowest BCUT2D eigenvalue weighted by molar-refractivity contribution is 0.101. The molecule has 1 rings (SSSR count). The highest BCUT2D eigenvalue weighted by Crippen LogP contribution is 2.19. The summed E-state index contributed by atoms with van der Waals surface area (Å²) >= 11 is 5.93. The van der Waals surface area contributed by atoms with Crippen molar-refractivity contribution in [3.63, 3.8) is 0 Å². The van der Waals surface area contributed by atoms with Crippen LogP contribution in [0.1, 0.15) is 29.3 Å². The van der Waals surface area contributed by atoms with E-state index in [2.05, 4.69) is 0 Å². The van der Waals surface area contributed by atoms with Crippen LogP contribution in [-0.2, 0) is 0 Å². The second-order valence-electron chi connectivity index (χ2n) is 3.21. The molecule has 0 atom stereocenters. The Hall–Kier alpha value is -1.12. The second kappa shape index (κ2) is 5.69. The standard InChI is InChI=1S/C12H13ClO2/c1-9(15)11-6-5-10(8-12(11)13)4-2-3-7-14/h2,4-6,8,14H,3,7H2,1H3. The molecule has 0 heterocycles. The highest BCUT2D eigenvalue weighted by atomic mass is 35.5. The number of rotatable bonds is 4. The summed E-state index contributed by atoms with van der Waals surface area (Å²) in [6.45, 7) is 1.62. The third-order valence-corrected chi connectivity index (χ3v) is 2.29. The van der Waals surface area contributed by atoms with Crippen molar-refractivity contribution in [1.29, 1.82) is 0 Å². The van der Waals surface area contributed by atoms with Crippen LogP contribution >= 0.6 is 11.6 Å². The van der Waals surface area contributed by atoms with Crippen molar-refractivity contribution in [2.24, 2.45) is 0 Å². The van der Waals surface area contributed by atoms with Gasteiger partial charge in [0, 0.05) is 12.2 Å². The number of halogens is 1. The van der Waals surface area contributed by atoms with Crippen molar-refractivity contribution in [2.45, 2.75) is 13.3 Å². The van der Waals surface area contributed by atoms with Crippen molar-refractivity contribution in [1.82, 2.24) is 0 Å². The molecule has 0 fully saturated rings. The van der Waals surface area contributed by atoms with Gasteiger partial charge in [0.15, 0.2) is 5.78 Å². The third-order valence-electron chi connectivity index (χ3n) is 1.98. The molecule has 15 heavy (non-hydrogen) atoms. The van der Waals surface area contributed by atoms with Gasteiger partial charge in [-0.2, -0.15) is 0 Å². The van der Waals surface area contributed by atoms with Crippen molar-refractivity contribution in [3.8, 4) is 0 Å². The number of benzene rings is 1. The quantitative estimate of drug-likeness (QED) is 0.799. The van der Waals surface area contributed by atoms with E-state index < -0.39 is 0 Å². The number of Topliss-reactive ketones (excluding diaryl/α,β-unsaturated/α-hetero) is 1. The van der Waals surface area contributed by atoms with Crippen LogP contribution in [0.3, 0.4) is 0 Å². The fraction of sp³-hybridized carbons (Fsp3) is 0.250. The van der Waals surface area contributed by atoms with E-state index in [9.17, 15) is 4.79 Å². The van der Waals surface area contributed by atoms with Crippen molar-refractivity contribution < 1.29 is 9.90 Å². The minimum Gasteiger partial charge on any atom is -0.396 e. The van der Waals surface area contributed by atoms with Gasteiger partial charge in [-0.3, -0.25) is 4.79 Å². The monoisotopic (exact) mass is 224 g/mol. The maximum atomic E-state index is 11.1. The molecular weight excluding hydrogens is 212 g/mol. The summed E-state index contributed by atoms with van der Waals surface area (Å²) in [6, 6.07) is 5.28. The van der Waals surface area contributed by atoms with E-state index >= 15 is 0 Å². The zero-order valence-electron chi connectivity index (χ0n) is 8.53. The first-order valence-electron chi connectivity index (χ1n) is 4.73. The van der Waals surface area contributed by atoms with E-state index in [4.69, 9.17) is 16.7 Å². The molecule has 1 aromatic carbocycles. The Morgan fingerprint density at radius 1 is 1.53 bits per heavy atom. The lowest BCUT2D eigenvalue weighted by Gasteiger charge is -2.00. The molecule has 1 N–H and O–H groups in total. The summed E-state index contributed by atoms with van der Waals surface area (Å²) in [7, 11) is 0. The summed E-state index contributed by atoms with van der Waals surface area (Å²) in [5.74, 6) is -0.0362. The van der Waals surface area contributed by atoms with Gasteiger partial charge >= 0.3 is 0 Å². The van der Waals surface area contributed by atoms with Crippen LogP contribution in [0.15, 0.2) is 24.3 Å². The first kappa shape index (κ1) is 12.0. The first-order chi connectivity index (χ1) is 7.15. The highest BCUT2D eigenvalue weighted by Gasteiger charge is 2.04. The lowest BCUT2D eigenvalue weighted by Crippen LogP contribution is -1.93. The highest BCUT2D eigenvalue weighted by molar-refractivity contribution is 6.34. The molecule has 0 saturated heterocycles. The molecule has 2 nitrogen and oxygen atoms in total. The normalized spacial score (nSPS) is 10.9. The van der Waals surface area contributed by atoms with Gasteiger partial charge in [-0.1, -0.05) is 29.8 Å². The van der Waals surface area contributed by atoms with Crippen LogP contribution in [0.2, 0.25) is 5.02 Å². The zero-order valence-corrected chi connectivity index (χ0v) is 9.29. The molecule has 0 amide bonds. The van der Waals surface area contributed by atoms with Crippen molar-refractivity contribution in [2.75, 3.05) is 6.61 Å². The van der Waals surface area contributed by atoms with Gasteiger partial charge in [0.05, 0.1) is 5.02 Å². The van der Waals surface area contributed by atoms with Crippen LogP contribution in [0.25, 0.3) is 6.08 Å². The summed E-state index contributed by atoms with van der Waals surface area (Å²) in [6.07, 6.45) is 4.34. The molecule has 0 radical (unpaired) electrons. The van der Waals surface area contributed by atoms with E-state index in [0.29, 0.717) is 17.0 Å². The SMILES string of the molecule is CC(=O)c1ccc(C=CCCO)cc1Cl. The van der Waals surface area contributed by atoms with E-state index in [0.717, 1.165) is 5.56 Å². The maximum Gasteiger partial charge on any atom is 0.161 e. The topological polar surface area (TPSA) is 37.3 Å². The maximum absolute atomic E-state index is 11.1. The average Bonchev–Trinajstić information content (AvgIpc) is 2.17. The van der Waals surface area contributed by atoms with Gasteiger partial charge in [0.2, 0.25) is 0 Å². The van der Waals surface area contributed by atoms with Gasteiger partial charge in [-0.05, 0) is 31.0 Å². The Morgan fingerprint density at radius 2 is 2.27 bits per heavy atom. The molecule has 0 spiro atoms. The molecule has 3 heteroatoms. The van der Waals surface area contributed by atoms with Crippen molar-refractivity contribution >= 4 is 23.5 Å².